The Morgan fingerprint density at radius 2 is 1.75 bits per heavy atom. The van der Waals surface area contributed by atoms with Crippen LogP contribution in [0.25, 0.3) is 0 Å². The molecule has 0 fully saturated rings. The summed E-state index contributed by atoms with van der Waals surface area (Å²) in [7, 11) is 2.83. The molecule has 0 aromatic heterocycles. The molecule has 2 aromatic rings. The number of amides is 2. The summed E-state index contributed by atoms with van der Waals surface area (Å²) >= 11 is 1.82. The Balaban J connectivity index is 2.41. The Hall–Kier alpha value is -2.36. The number of primary amides is 1. The molecule has 3 N–H and O–H groups in total. The molecule has 0 unspecified atom stereocenters. The summed E-state index contributed by atoms with van der Waals surface area (Å²) in [6.07, 6.45) is 0. The maximum absolute atomic E-state index is 13.6. The fourth-order valence-corrected chi connectivity index (χ4v) is 2.35. The Morgan fingerprint density at radius 3 is 2.29 bits per heavy atom. The third-order valence-electron chi connectivity index (χ3n) is 3.22. The summed E-state index contributed by atoms with van der Waals surface area (Å²) in [6.45, 7) is 0. The van der Waals surface area contributed by atoms with Gasteiger partial charge in [-0.25, -0.2) is 4.39 Å². The first-order chi connectivity index (χ1) is 11.4. The van der Waals surface area contributed by atoms with Crippen molar-refractivity contribution in [3.05, 3.63) is 50.8 Å². The molecule has 2 rings (SSSR count). The first-order valence-corrected chi connectivity index (χ1v) is 7.77. The molecule has 0 saturated heterocycles. The maximum Gasteiger partial charge on any atom is 0.255 e. The van der Waals surface area contributed by atoms with E-state index in [2.05, 4.69) is 5.32 Å². The van der Waals surface area contributed by atoms with Crippen LogP contribution in [0.2, 0.25) is 0 Å². The number of halogens is 2. The van der Waals surface area contributed by atoms with Crippen LogP contribution in [0.4, 0.5) is 10.1 Å². The number of nitrogens with one attached hydrogen (secondary N) is 1. The molecule has 0 heterocycles. The van der Waals surface area contributed by atoms with E-state index >= 15 is 0 Å². The van der Waals surface area contributed by atoms with Crippen LogP contribution in [0.15, 0.2) is 30.3 Å². The molecule has 2 amide bonds. The number of carbonyl (C=O) groups excluding carboxylic acids is 2. The predicted octanol–water partition coefficient (Wildman–Crippen LogP) is 2.80. The number of hydrogen-bond donors (Lipinski definition) is 2. The van der Waals surface area contributed by atoms with Crippen LogP contribution in [0, 0.1) is 9.39 Å². The first-order valence-electron chi connectivity index (χ1n) is 6.69. The normalized spacial score (nSPS) is 10.2. The van der Waals surface area contributed by atoms with E-state index in [0.717, 1.165) is 6.07 Å². The zero-order chi connectivity index (χ0) is 17.9. The Bertz CT molecular complexity index is 811. The van der Waals surface area contributed by atoms with E-state index in [1.165, 1.54) is 38.5 Å². The number of anilines is 1. The zero-order valence-electron chi connectivity index (χ0n) is 12.9. The van der Waals surface area contributed by atoms with Crippen molar-refractivity contribution in [1.29, 1.82) is 0 Å². The molecule has 0 spiro atoms. The minimum Gasteiger partial charge on any atom is -0.493 e. The summed E-state index contributed by atoms with van der Waals surface area (Å²) in [5.74, 6) is -1.23. The number of methoxy groups -OCH3 is 2. The molecule has 0 bridgehead atoms. The SMILES string of the molecule is COc1cc(NC(=O)c2ccc(I)c(F)c2)c(C(N)=O)cc1OC. The van der Waals surface area contributed by atoms with Gasteiger partial charge in [0.2, 0.25) is 0 Å². The molecule has 6 nitrogen and oxygen atoms in total. The highest BCUT2D eigenvalue weighted by molar-refractivity contribution is 14.1. The van der Waals surface area contributed by atoms with Crippen molar-refractivity contribution >= 4 is 40.1 Å². The van der Waals surface area contributed by atoms with E-state index in [1.54, 1.807) is 0 Å². The minimum atomic E-state index is -0.750. The average molecular weight is 444 g/mol. The van der Waals surface area contributed by atoms with Gasteiger partial charge in [0.1, 0.15) is 5.82 Å². The lowest BCUT2D eigenvalue weighted by Gasteiger charge is -2.14. The van der Waals surface area contributed by atoms with Crippen LogP contribution < -0.4 is 20.5 Å². The zero-order valence-corrected chi connectivity index (χ0v) is 15.0. The summed E-state index contributed by atoms with van der Waals surface area (Å²) in [4.78, 5) is 23.9. The van der Waals surface area contributed by atoms with Crippen molar-refractivity contribution < 1.29 is 23.5 Å². The first kappa shape index (κ1) is 18.0. The largest absolute Gasteiger partial charge is 0.493 e. The molecule has 0 atom stereocenters. The summed E-state index contributed by atoms with van der Waals surface area (Å²) in [5.41, 5.74) is 5.64. The molecule has 0 aliphatic rings. The molecule has 0 aliphatic heterocycles. The van der Waals surface area contributed by atoms with Gasteiger partial charge in [0.25, 0.3) is 11.8 Å². The molecule has 8 heteroatoms. The van der Waals surface area contributed by atoms with Crippen molar-refractivity contribution in [2.75, 3.05) is 19.5 Å². The second kappa shape index (κ2) is 7.47. The van der Waals surface area contributed by atoms with E-state index in [9.17, 15) is 14.0 Å². The van der Waals surface area contributed by atoms with Crippen LogP contribution in [0.3, 0.4) is 0 Å². The molecular formula is C16H14FIN2O4. The van der Waals surface area contributed by atoms with E-state index < -0.39 is 17.6 Å². The smallest absolute Gasteiger partial charge is 0.255 e. The third-order valence-corrected chi connectivity index (χ3v) is 4.09. The van der Waals surface area contributed by atoms with Gasteiger partial charge in [-0.15, -0.1) is 0 Å². The highest BCUT2D eigenvalue weighted by atomic mass is 127. The lowest BCUT2D eigenvalue weighted by molar-refractivity contribution is 0.100. The second-order valence-corrected chi connectivity index (χ2v) is 5.86. The van der Waals surface area contributed by atoms with Crippen LogP contribution in [-0.4, -0.2) is 26.0 Å². The molecular weight excluding hydrogens is 430 g/mol. The molecule has 0 aliphatic carbocycles. The van der Waals surface area contributed by atoms with Crippen molar-refractivity contribution in [3.8, 4) is 11.5 Å². The minimum absolute atomic E-state index is 0.0481. The topological polar surface area (TPSA) is 90.6 Å². The molecule has 126 valence electrons. The van der Waals surface area contributed by atoms with Gasteiger partial charge in [-0.1, -0.05) is 0 Å². The van der Waals surface area contributed by atoms with Gasteiger partial charge in [0.05, 0.1) is 25.5 Å². The maximum atomic E-state index is 13.6. The van der Waals surface area contributed by atoms with Crippen molar-refractivity contribution in [3.63, 3.8) is 0 Å². The van der Waals surface area contributed by atoms with Gasteiger partial charge >= 0.3 is 0 Å². The average Bonchev–Trinajstić information content (AvgIpc) is 2.56. The lowest BCUT2D eigenvalue weighted by atomic mass is 10.1. The quantitative estimate of drug-likeness (QED) is 0.695. The fourth-order valence-electron chi connectivity index (χ4n) is 2.02. The number of hydrogen-bond acceptors (Lipinski definition) is 4. The second-order valence-electron chi connectivity index (χ2n) is 4.70. The molecule has 2 aromatic carbocycles. The summed E-state index contributed by atoms with van der Waals surface area (Å²) in [6, 6.07) is 6.85. The van der Waals surface area contributed by atoms with Gasteiger partial charge in [-0.05, 0) is 46.9 Å². The van der Waals surface area contributed by atoms with Gasteiger partial charge in [0, 0.05) is 15.2 Å². The Morgan fingerprint density at radius 1 is 1.12 bits per heavy atom. The van der Waals surface area contributed by atoms with Crippen molar-refractivity contribution in [1.82, 2.24) is 0 Å². The fraction of sp³-hybridized carbons (Fsp3) is 0.125. The Kier molecular flexibility index (Phi) is 5.60. The van der Waals surface area contributed by atoms with Gasteiger partial charge in [0.15, 0.2) is 11.5 Å². The van der Waals surface area contributed by atoms with Gasteiger partial charge in [-0.3, -0.25) is 9.59 Å². The highest BCUT2D eigenvalue weighted by Crippen LogP contribution is 2.33. The molecule has 0 saturated carbocycles. The van der Waals surface area contributed by atoms with E-state index in [4.69, 9.17) is 15.2 Å². The Labute approximate surface area is 151 Å². The van der Waals surface area contributed by atoms with E-state index in [-0.39, 0.29) is 16.8 Å². The highest BCUT2D eigenvalue weighted by Gasteiger charge is 2.18. The van der Waals surface area contributed by atoms with E-state index in [0.29, 0.717) is 15.1 Å². The van der Waals surface area contributed by atoms with Crippen LogP contribution in [0.5, 0.6) is 11.5 Å². The summed E-state index contributed by atoms with van der Waals surface area (Å²) < 4.78 is 24.3. The van der Waals surface area contributed by atoms with Gasteiger partial charge in [-0.2, -0.15) is 0 Å². The van der Waals surface area contributed by atoms with E-state index in [1.807, 2.05) is 22.6 Å². The third kappa shape index (κ3) is 3.75. The summed E-state index contributed by atoms with van der Waals surface area (Å²) in [5, 5.41) is 2.54. The molecule has 0 radical (unpaired) electrons. The van der Waals surface area contributed by atoms with Crippen LogP contribution >= 0.6 is 22.6 Å². The number of benzene rings is 2. The van der Waals surface area contributed by atoms with Crippen molar-refractivity contribution in [2.45, 2.75) is 0 Å². The van der Waals surface area contributed by atoms with Crippen LogP contribution in [-0.2, 0) is 0 Å². The number of nitrogens with two attached hydrogens (primary N) is 1. The molecule has 24 heavy (non-hydrogen) atoms. The van der Waals surface area contributed by atoms with Crippen molar-refractivity contribution in [2.24, 2.45) is 5.73 Å². The number of carbonyl (C=O) groups is 2. The van der Waals surface area contributed by atoms with Gasteiger partial charge < -0.3 is 20.5 Å². The monoisotopic (exact) mass is 444 g/mol. The number of rotatable bonds is 5. The van der Waals surface area contributed by atoms with Crippen LogP contribution in [0.1, 0.15) is 20.7 Å². The lowest BCUT2D eigenvalue weighted by Crippen LogP contribution is -2.19. The standard InChI is InChI=1S/C16H14FIN2O4/c1-23-13-6-9(15(19)21)12(7-14(13)24-2)20-16(22)8-3-4-11(18)10(17)5-8/h3-7H,1-2H3,(H2,19,21)(H,20,22). The predicted molar refractivity (Wildman–Crippen MR) is 95.1 cm³/mol. The number of ether oxygens (including phenoxy) is 2.